The second-order valence-corrected chi connectivity index (χ2v) is 20.1. The number of aliphatic imine (C=N–C) groups is 1. The number of nitrogens with two attached hydrogens (primary N) is 1. The van der Waals surface area contributed by atoms with Gasteiger partial charge in [-0.3, -0.25) is 24.2 Å². The molecule has 76 heavy (non-hydrogen) atoms. The second-order valence-electron chi connectivity index (χ2n) is 20.1. The first-order chi connectivity index (χ1) is 36.4. The van der Waals surface area contributed by atoms with Crippen LogP contribution in [0.3, 0.4) is 0 Å². The number of methoxy groups -OCH3 is 2. The molecule has 0 aliphatic carbocycles. The number of anilines is 2. The van der Waals surface area contributed by atoms with Crippen molar-refractivity contribution in [3.05, 3.63) is 88.8 Å². The van der Waals surface area contributed by atoms with Crippen molar-refractivity contribution in [3.8, 4) is 23.0 Å². The third-order valence-corrected chi connectivity index (χ3v) is 13.4. The minimum absolute atomic E-state index is 0.0204. The largest absolute Gasteiger partial charge is 0.493 e. The Kier molecular flexibility index (Phi) is 18.6. The molecule has 21 nitrogen and oxygen atoms in total. The van der Waals surface area contributed by atoms with E-state index in [2.05, 4.69) is 26.3 Å². The number of amides is 7. The Morgan fingerprint density at radius 1 is 0.789 bits per heavy atom. The third-order valence-electron chi connectivity index (χ3n) is 13.4. The van der Waals surface area contributed by atoms with Crippen LogP contribution in [-0.2, 0) is 20.9 Å². The lowest BCUT2D eigenvalue weighted by Gasteiger charge is -2.31. The van der Waals surface area contributed by atoms with Gasteiger partial charge in [-0.2, -0.15) is 0 Å². The Labute approximate surface area is 443 Å². The summed E-state index contributed by atoms with van der Waals surface area (Å²) in [6.45, 7) is 12.1. The molecule has 408 valence electrons. The first-order valence-corrected chi connectivity index (χ1v) is 25.7. The molecule has 0 saturated heterocycles. The molecule has 0 bridgehead atoms. The average molecular weight is 1050 g/mol. The van der Waals surface area contributed by atoms with Gasteiger partial charge >= 0.3 is 12.1 Å². The number of nitrogens with zero attached hydrogens (tertiary/aromatic N) is 4. The molecule has 7 N–H and O–H groups in total. The van der Waals surface area contributed by atoms with Gasteiger partial charge in [0.15, 0.2) is 29.2 Å². The number of urea groups is 1. The monoisotopic (exact) mass is 1050 g/mol. The summed E-state index contributed by atoms with van der Waals surface area (Å²) in [7, 11) is 2.97. The number of hydrogen-bond donors (Lipinski definition) is 6. The topological polar surface area (TPSA) is 265 Å². The smallest absolute Gasteiger partial charge is 0.416 e. The minimum Gasteiger partial charge on any atom is -0.493 e. The molecule has 0 spiro atoms. The van der Waals surface area contributed by atoms with Gasteiger partial charge in [0.25, 0.3) is 11.8 Å². The molecular formula is C55H71N9O12. The number of benzene rings is 3. The van der Waals surface area contributed by atoms with Gasteiger partial charge in [0, 0.05) is 49.0 Å². The van der Waals surface area contributed by atoms with Crippen LogP contribution in [0, 0.1) is 5.92 Å². The standard InChI is InChI=1S/C55H71N9O12/c1-31(2)48(59-32(3)4)50(66)61-40(13-12-18-57-54(56)70)49(65)60-36-16-14-35(15-17-36)30-76-55(71)64-42-26-47(45(73-8)24-39(42)52(68)63-29-34(6)22-43(63)53(64)69)75-20-11-9-10-19-74-46-25-41-38(23-44(46)72-7)51(67)62-28-33(5)21-37(62)27-58-41/h14-17,23-29,31-32,37,40,43,48,53,59,69H,9-13,18-22,30H2,1-8H3,(H,60,65)(H,61,66)(H3,56,57,70)/t37?,40-,43?,48-,53?/m0/s1. The van der Waals surface area contributed by atoms with Crippen LogP contribution in [0.2, 0.25) is 0 Å². The number of rotatable bonds is 23. The number of fused-ring (bicyclic) bond motifs is 4. The number of primary amides is 1. The molecule has 7 amide bonds. The molecule has 3 aromatic rings. The zero-order valence-corrected chi connectivity index (χ0v) is 44.5. The van der Waals surface area contributed by atoms with Crippen molar-refractivity contribution in [2.75, 3.05) is 44.2 Å². The molecular weight excluding hydrogens is 979 g/mol. The highest BCUT2D eigenvalue weighted by Gasteiger charge is 2.45. The predicted octanol–water partition coefficient (Wildman–Crippen LogP) is 6.65. The number of aliphatic hydroxyl groups is 1. The van der Waals surface area contributed by atoms with Crippen molar-refractivity contribution in [1.82, 2.24) is 25.8 Å². The third kappa shape index (κ3) is 13.4. The van der Waals surface area contributed by atoms with Crippen molar-refractivity contribution in [1.29, 1.82) is 0 Å². The Morgan fingerprint density at radius 3 is 2.07 bits per heavy atom. The van der Waals surface area contributed by atoms with Crippen LogP contribution in [0.5, 0.6) is 23.0 Å². The van der Waals surface area contributed by atoms with Crippen molar-refractivity contribution < 1.29 is 57.6 Å². The number of hydrogen-bond acceptors (Lipinski definition) is 14. The number of ether oxygens (including phenoxy) is 5. The summed E-state index contributed by atoms with van der Waals surface area (Å²) in [5.74, 6) is -0.0463. The molecule has 4 heterocycles. The number of carbonyl (C=O) groups is 6. The number of nitrogens with one attached hydrogen (secondary N) is 4. The van der Waals surface area contributed by atoms with Crippen molar-refractivity contribution in [3.63, 3.8) is 0 Å². The lowest BCUT2D eigenvalue weighted by Crippen LogP contribution is -2.54. The lowest BCUT2D eigenvalue weighted by molar-refractivity contribution is -0.129. The Morgan fingerprint density at radius 2 is 1.42 bits per heavy atom. The molecule has 0 aromatic heterocycles. The fourth-order valence-electron chi connectivity index (χ4n) is 9.53. The van der Waals surface area contributed by atoms with Gasteiger partial charge in [-0.05, 0) is 94.5 Å². The van der Waals surface area contributed by atoms with Crippen LogP contribution in [0.25, 0.3) is 0 Å². The average Bonchev–Trinajstić information content (AvgIpc) is 3.95. The summed E-state index contributed by atoms with van der Waals surface area (Å²) < 4.78 is 29.5. The molecule has 4 aliphatic heterocycles. The van der Waals surface area contributed by atoms with Crippen molar-refractivity contribution in [2.45, 2.75) is 130 Å². The van der Waals surface area contributed by atoms with Crippen LogP contribution in [-0.4, -0.2) is 127 Å². The quantitative estimate of drug-likeness (QED) is 0.0544. The summed E-state index contributed by atoms with van der Waals surface area (Å²) in [4.78, 5) is 88.8. The Balaban J connectivity index is 0.981. The van der Waals surface area contributed by atoms with Crippen LogP contribution >= 0.6 is 0 Å². The number of aliphatic hydroxyl groups excluding tert-OH is 1. The molecule has 0 fully saturated rings. The van der Waals surface area contributed by atoms with Gasteiger partial charge < -0.3 is 65.6 Å². The summed E-state index contributed by atoms with van der Waals surface area (Å²) in [6.07, 6.45) is 6.48. The highest BCUT2D eigenvalue weighted by atomic mass is 16.6. The van der Waals surface area contributed by atoms with Crippen LogP contribution < -0.4 is 50.8 Å². The number of unbranched alkanes of at least 4 members (excludes halogenated alkanes) is 2. The van der Waals surface area contributed by atoms with Crippen LogP contribution in [0.4, 0.5) is 26.7 Å². The highest BCUT2D eigenvalue weighted by molar-refractivity contribution is 6.07. The van der Waals surface area contributed by atoms with E-state index in [9.17, 15) is 33.9 Å². The Bertz CT molecular complexity index is 2740. The van der Waals surface area contributed by atoms with Gasteiger partial charge in [-0.15, -0.1) is 0 Å². The van der Waals surface area contributed by atoms with Crippen LogP contribution in [0.1, 0.15) is 113 Å². The van der Waals surface area contributed by atoms with E-state index >= 15 is 0 Å². The molecule has 3 unspecified atom stereocenters. The summed E-state index contributed by atoms with van der Waals surface area (Å²) >= 11 is 0. The maximum atomic E-state index is 14.2. The zero-order chi connectivity index (χ0) is 54.8. The van der Waals surface area contributed by atoms with E-state index in [-0.39, 0.29) is 78.7 Å². The van der Waals surface area contributed by atoms with E-state index in [1.807, 2.05) is 47.7 Å². The minimum atomic E-state index is -1.51. The SMILES string of the molecule is COc1cc2c(cc1OCCCCCOc1cc3c(cc1OC)C(=O)N1C=C(C)CC1C(O)N3C(=O)OCc1ccc(NC(=O)[C@H](CCCNC(N)=O)NC(=O)[C@@H](NC(C)C)C(C)C)cc1)N=CC1CC(C)=CN1C2=O. The fraction of sp³-hybridized carbons (Fsp3) is 0.473. The number of carbonyl (C=O) groups excluding carboxylic acids is 6. The molecule has 7 rings (SSSR count). The van der Waals surface area contributed by atoms with Gasteiger partial charge in [0.05, 0.1) is 68.1 Å². The first-order valence-electron chi connectivity index (χ1n) is 25.7. The second kappa shape index (κ2) is 25.3. The summed E-state index contributed by atoms with van der Waals surface area (Å²) in [5.41, 5.74) is 9.25. The molecule has 21 heteroatoms. The maximum Gasteiger partial charge on any atom is 0.416 e. The van der Waals surface area contributed by atoms with Crippen LogP contribution in [0.15, 0.2) is 77.1 Å². The predicted molar refractivity (Wildman–Crippen MR) is 285 cm³/mol. The lowest BCUT2D eigenvalue weighted by atomic mass is 10.0. The van der Waals surface area contributed by atoms with Gasteiger partial charge in [-0.1, -0.05) is 51.0 Å². The van der Waals surface area contributed by atoms with E-state index in [1.165, 1.54) is 31.3 Å². The van der Waals surface area contributed by atoms with Crippen molar-refractivity contribution >= 4 is 59.0 Å². The summed E-state index contributed by atoms with van der Waals surface area (Å²) in [6, 6.07) is 9.88. The summed E-state index contributed by atoms with van der Waals surface area (Å²) in [5, 5.41) is 23.4. The fourth-order valence-corrected chi connectivity index (χ4v) is 9.53. The molecule has 0 saturated carbocycles. The molecule has 5 atom stereocenters. The van der Waals surface area contributed by atoms with E-state index < -0.39 is 48.3 Å². The highest BCUT2D eigenvalue weighted by Crippen LogP contribution is 2.43. The Hall–Kier alpha value is -7.65. The van der Waals surface area contributed by atoms with E-state index in [0.29, 0.717) is 72.7 Å². The maximum absolute atomic E-state index is 14.2. The zero-order valence-electron chi connectivity index (χ0n) is 44.5. The van der Waals surface area contributed by atoms with Gasteiger partial charge in [-0.25, -0.2) is 14.5 Å². The van der Waals surface area contributed by atoms with E-state index in [4.69, 9.17) is 29.4 Å². The molecule has 0 radical (unpaired) electrons. The molecule has 4 aliphatic rings. The molecule has 3 aromatic carbocycles. The van der Waals surface area contributed by atoms with E-state index in [0.717, 1.165) is 22.5 Å². The normalized spacial score (nSPS) is 18.3. The first kappa shape index (κ1) is 56.1. The van der Waals surface area contributed by atoms with Gasteiger partial charge in [0.1, 0.15) is 12.6 Å². The van der Waals surface area contributed by atoms with Gasteiger partial charge in [0.2, 0.25) is 11.8 Å². The van der Waals surface area contributed by atoms with Crippen molar-refractivity contribution in [2.24, 2.45) is 16.6 Å². The van der Waals surface area contributed by atoms with E-state index in [1.54, 1.807) is 53.7 Å².